The van der Waals surface area contributed by atoms with Crippen molar-refractivity contribution in [3.8, 4) is 0 Å². The zero-order valence-electron chi connectivity index (χ0n) is 9.41. The Hall–Kier alpha value is -0.360. The van der Waals surface area contributed by atoms with Crippen molar-refractivity contribution in [3.63, 3.8) is 0 Å². The minimum atomic E-state index is -0.166. The van der Waals surface area contributed by atoms with Crippen LogP contribution in [0.15, 0.2) is 16.7 Å². The lowest BCUT2D eigenvalue weighted by atomic mass is 10.1. The van der Waals surface area contributed by atoms with E-state index in [0.29, 0.717) is 30.9 Å². The molecule has 96 valence electrons. The predicted molar refractivity (Wildman–Crippen MR) is 78.0 cm³/mol. The van der Waals surface area contributed by atoms with Gasteiger partial charge in [-0.15, -0.1) is 11.3 Å². The normalized spacial score (nSPS) is 10.9. The molecule has 0 aliphatic rings. The van der Waals surface area contributed by atoms with E-state index in [1.54, 1.807) is 16.9 Å². The summed E-state index contributed by atoms with van der Waals surface area (Å²) in [6.45, 7) is 2.71. The molecule has 0 radical (unpaired) electrons. The van der Waals surface area contributed by atoms with Gasteiger partial charge in [-0.2, -0.15) is 5.10 Å². The third-order valence-corrected chi connectivity index (χ3v) is 4.41. The molecular weight excluding hydrogens is 359 g/mol. The van der Waals surface area contributed by atoms with E-state index in [1.165, 1.54) is 11.3 Å². The minimum absolute atomic E-state index is 0.166. The summed E-state index contributed by atoms with van der Waals surface area (Å²) in [6.07, 6.45) is 2.51. The van der Waals surface area contributed by atoms with Crippen LogP contribution in [0.1, 0.15) is 29.4 Å². The lowest BCUT2D eigenvalue weighted by Gasteiger charge is -2.05. The van der Waals surface area contributed by atoms with Gasteiger partial charge in [0.15, 0.2) is 0 Å². The fourth-order valence-corrected chi connectivity index (χ4v) is 3.53. The molecule has 2 rings (SSSR count). The molecule has 0 aliphatic heterocycles. The Balaban J connectivity index is 2.45. The van der Waals surface area contributed by atoms with Crippen LogP contribution < -0.4 is 0 Å². The first-order valence-corrected chi connectivity index (χ1v) is 7.62. The molecule has 2 aromatic heterocycles. The van der Waals surface area contributed by atoms with Gasteiger partial charge in [-0.1, -0.05) is 30.1 Å². The molecule has 0 saturated heterocycles. The van der Waals surface area contributed by atoms with Crippen LogP contribution >= 0.6 is 50.5 Å². The highest BCUT2D eigenvalue weighted by molar-refractivity contribution is 9.10. The molecule has 7 heteroatoms. The van der Waals surface area contributed by atoms with E-state index >= 15 is 0 Å². The van der Waals surface area contributed by atoms with Crippen LogP contribution in [-0.2, 0) is 6.54 Å². The van der Waals surface area contributed by atoms with E-state index in [-0.39, 0.29) is 5.78 Å². The van der Waals surface area contributed by atoms with Crippen LogP contribution in [-0.4, -0.2) is 15.6 Å². The van der Waals surface area contributed by atoms with Gasteiger partial charge in [0.25, 0.3) is 0 Å². The van der Waals surface area contributed by atoms with Crippen LogP contribution in [0.4, 0.5) is 0 Å². The zero-order valence-corrected chi connectivity index (χ0v) is 13.3. The number of carbonyl (C=O) groups is 1. The van der Waals surface area contributed by atoms with Crippen LogP contribution in [0.3, 0.4) is 0 Å². The molecule has 2 heterocycles. The summed E-state index contributed by atoms with van der Waals surface area (Å²) >= 11 is 16.4. The number of thiophene rings is 1. The molecule has 0 saturated carbocycles. The maximum Gasteiger partial charge on any atom is 0.214 e. The van der Waals surface area contributed by atoms with Gasteiger partial charge in [-0.3, -0.25) is 9.48 Å². The van der Waals surface area contributed by atoms with Crippen molar-refractivity contribution in [2.75, 3.05) is 0 Å². The van der Waals surface area contributed by atoms with Crippen LogP contribution in [0.5, 0.6) is 0 Å². The second-order valence-electron chi connectivity index (χ2n) is 3.63. The summed E-state index contributed by atoms with van der Waals surface area (Å²) in [5, 5.41) is 4.16. The first-order chi connectivity index (χ1) is 8.54. The van der Waals surface area contributed by atoms with E-state index in [9.17, 15) is 4.79 Å². The summed E-state index contributed by atoms with van der Waals surface area (Å²) in [4.78, 5) is 12.4. The number of hydrogen-bond donors (Lipinski definition) is 0. The number of aromatic nitrogens is 2. The van der Waals surface area contributed by atoms with Gasteiger partial charge in [-0.05, 0) is 28.4 Å². The van der Waals surface area contributed by atoms with Gasteiger partial charge in [0.1, 0.15) is 10.0 Å². The van der Waals surface area contributed by atoms with E-state index in [4.69, 9.17) is 23.2 Å². The molecular formula is C11H9BrCl2N2OS. The molecule has 0 unspecified atom stereocenters. The van der Waals surface area contributed by atoms with Gasteiger partial charge >= 0.3 is 0 Å². The molecule has 0 amide bonds. The summed E-state index contributed by atoms with van der Waals surface area (Å²) < 4.78 is 3.25. The van der Waals surface area contributed by atoms with Crippen molar-refractivity contribution in [3.05, 3.63) is 36.7 Å². The Bertz CT molecular complexity index is 594. The van der Waals surface area contributed by atoms with Crippen LogP contribution in [0.2, 0.25) is 8.67 Å². The molecule has 0 atom stereocenters. The molecule has 0 spiro atoms. The highest BCUT2D eigenvalue weighted by Gasteiger charge is 2.22. The predicted octanol–water partition coefficient (Wildman–Crippen LogP) is 4.65. The number of nitrogens with zero attached hydrogens (tertiary/aromatic N) is 2. The molecule has 18 heavy (non-hydrogen) atoms. The first-order valence-electron chi connectivity index (χ1n) is 5.25. The van der Waals surface area contributed by atoms with Crippen LogP contribution in [0.25, 0.3) is 0 Å². The Kier molecular flexibility index (Phi) is 4.48. The average Bonchev–Trinajstić information content (AvgIpc) is 2.82. The number of halogens is 3. The number of hydrogen-bond acceptors (Lipinski definition) is 3. The Morgan fingerprint density at radius 1 is 1.56 bits per heavy atom. The quantitative estimate of drug-likeness (QED) is 0.737. The van der Waals surface area contributed by atoms with Crippen molar-refractivity contribution in [1.82, 2.24) is 9.78 Å². The number of carbonyl (C=O) groups excluding carboxylic acids is 1. The lowest BCUT2D eigenvalue weighted by molar-refractivity contribution is 0.102. The third-order valence-electron chi connectivity index (χ3n) is 2.35. The first kappa shape index (κ1) is 14.1. The highest BCUT2D eigenvalue weighted by Crippen LogP contribution is 2.33. The fraction of sp³-hybridized carbons (Fsp3) is 0.273. The smallest absolute Gasteiger partial charge is 0.214 e. The van der Waals surface area contributed by atoms with Gasteiger partial charge < -0.3 is 0 Å². The minimum Gasteiger partial charge on any atom is -0.287 e. The largest absolute Gasteiger partial charge is 0.287 e. The SMILES string of the molecule is CCCn1ncc(Br)c1C(=O)c1cc(Cl)sc1Cl. The monoisotopic (exact) mass is 366 g/mol. The molecule has 3 nitrogen and oxygen atoms in total. The number of aryl methyl sites for hydroxylation is 1. The molecule has 2 aromatic rings. The summed E-state index contributed by atoms with van der Waals surface area (Å²) in [7, 11) is 0. The fourth-order valence-electron chi connectivity index (χ4n) is 1.59. The average molecular weight is 368 g/mol. The topological polar surface area (TPSA) is 34.9 Å². The number of rotatable bonds is 4. The van der Waals surface area contributed by atoms with E-state index < -0.39 is 0 Å². The van der Waals surface area contributed by atoms with Crippen molar-refractivity contribution < 1.29 is 4.79 Å². The molecule has 0 aliphatic carbocycles. The second-order valence-corrected chi connectivity index (χ2v) is 6.77. The molecule has 0 bridgehead atoms. The Morgan fingerprint density at radius 3 is 2.83 bits per heavy atom. The Morgan fingerprint density at radius 2 is 2.28 bits per heavy atom. The van der Waals surface area contributed by atoms with Gasteiger partial charge in [0, 0.05) is 6.54 Å². The van der Waals surface area contributed by atoms with E-state index in [2.05, 4.69) is 21.0 Å². The Labute approximate surface area is 127 Å². The van der Waals surface area contributed by atoms with Crippen molar-refractivity contribution in [1.29, 1.82) is 0 Å². The molecule has 0 N–H and O–H groups in total. The van der Waals surface area contributed by atoms with Gasteiger partial charge in [0.2, 0.25) is 5.78 Å². The molecule has 0 fully saturated rings. The van der Waals surface area contributed by atoms with Crippen LogP contribution in [0, 0.1) is 0 Å². The van der Waals surface area contributed by atoms with Crippen molar-refractivity contribution >= 4 is 56.3 Å². The van der Waals surface area contributed by atoms with E-state index in [1.807, 2.05) is 6.92 Å². The lowest BCUT2D eigenvalue weighted by Crippen LogP contribution is -2.11. The van der Waals surface area contributed by atoms with Gasteiger partial charge in [-0.25, -0.2) is 0 Å². The van der Waals surface area contributed by atoms with Crippen molar-refractivity contribution in [2.24, 2.45) is 0 Å². The summed E-state index contributed by atoms with van der Waals surface area (Å²) in [5.74, 6) is -0.166. The maximum absolute atomic E-state index is 12.4. The van der Waals surface area contributed by atoms with Gasteiger partial charge in [0.05, 0.1) is 20.6 Å². The maximum atomic E-state index is 12.4. The summed E-state index contributed by atoms with van der Waals surface area (Å²) in [6, 6.07) is 1.59. The summed E-state index contributed by atoms with van der Waals surface area (Å²) in [5.41, 5.74) is 0.929. The zero-order chi connectivity index (χ0) is 13.3. The third kappa shape index (κ3) is 2.64. The number of ketones is 1. The standard InChI is InChI=1S/C11H9BrCl2N2OS/c1-2-3-16-9(7(12)5-15-16)10(17)6-4-8(13)18-11(6)14/h4-5H,2-3H2,1H3. The van der Waals surface area contributed by atoms with Crippen molar-refractivity contribution in [2.45, 2.75) is 19.9 Å². The second kappa shape index (κ2) is 5.74. The van der Waals surface area contributed by atoms with E-state index in [0.717, 1.165) is 6.42 Å². The highest BCUT2D eigenvalue weighted by atomic mass is 79.9. The molecule has 0 aromatic carbocycles.